The monoisotopic (exact) mass is 241 g/mol. The second-order valence-electron chi connectivity index (χ2n) is 4.62. The van der Waals surface area contributed by atoms with Gasteiger partial charge in [-0.1, -0.05) is 54.2 Å². The van der Waals surface area contributed by atoms with Crippen LogP contribution in [0.1, 0.15) is 12.5 Å². The molecular weight excluding hydrogens is 226 g/mol. The standard InChI is InChI=1S/C15H15NS/c1-15(11-12-7-3-2-4-8-12)16-13-9-5-6-10-14(13)17-15/h2-10,16H,11H2,1H3. The third-order valence-corrected chi connectivity index (χ3v) is 4.28. The minimum absolute atomic E-state index is 0.0744. The van der Waals surface area contributed by atoms with Crippen molar-refractivity contribution in [2.75, 3.05) is 5.32 Å². The molecule has 2 heteroatoms. The van der Waals surface area contributed by atoms with Crippen molar-refractivity contribution in [2.45, 2.75) is 23.1 Å². The predicted octanol–water partition coefficient (Wildman–Crippen LogP) is 4.16. The Morgan fingerprint density at radius 2 is 1.71 bits per heavy atom. The molecule has 1 aliphatic heterocycles. The van der Waals surface area contributed by atoms with E-state index in [1.165, 1.54) is 16.1 Å². The van der Waals surface area contributed by atoms with E-state index >= 15 is 0 Å². The van der Waals surface area contributed by atoms with Crippen molar-refractivity contribution in [2.24, 2.45) is 0 Å². The van der Waals surface area contributed by atoms with Crippen molar-refractivity contribution in [1.82, 2.24) is 0 Å². The summed E-state index contributed by atoms with van der Waals surface area (Å²) in [5, 5.41) is 3.62. The van der Waals surface area contributed by atoms with Gasteiger partial charge in [0.2, 0.25) is 0 Å². The summed E-state index contributed by atoms with van der Waals surface area (Å²) in [6, 6.07) is 19.2. The molecule has 0 saturated heterocycles. The topological polar surface area (TPSA) is 12.0 Å². The van der Waals surface area contributed by atoms with Crippen LogP contribution in [0.3, 0.4) is 0 Å². The second-order valence-corrected chi connectivity index (χ2v) is 6.16. The van der Waals surface area contributed by atoms with E-state index in [1.807, 2.05) is 11.8 Å². The van der Waals surface area contributed by atoms with Gasteiger partial charge in [-0.2, -0.15) is 0 Å². The van der Waals surface area contributed by atoms with Crippen molar-refractivity contribution in [3.63, 3.8) is 0 Å². The van der Waals surface area contributed by atoms with Crippen LogP contribution < -0.4 is 5.32 Å². The first-order valence-electron chi connectivity index (χ1n) is 5.85. The number of para-hydroxylation sites is 1. The fraction of sp³-hybridized carbons (Fsp3) is 0.200. The lowest BCUT2D eigenvalue weighted by Crippen LogP contribution is -2.29. The summed E-state index contributed by atoms with van der Waals surface area (Å²) in [5.74, 6) is 0. The van der Waals surface area contributed by atoms with Crippen LogP contribution in [0.4, 0.5) is 5.69 Å². The normalized spacial score (nSPS) is 21.9. The molecule has 1 heterocycles. The van der Waals surface area contributed by atoms with E-state index in [0.717, 1.165) is 6.42 Å². The first-order valence-corrected chi connectivity index (χ1v) is 6.67. The molecule has 0 aromatic heterocycles. The molecule has 1 aliphatic rings. The molecule has 0 bridgehead atoms. The van der Waals surface area contributed by atoms with E-state index < -0.39 is 0 Å². The van der Waals surface area contributed by atoms with Gasteiger partial charge in [-0.15, -0.1) is 0 Å². The van der Waals surface area contributed by atoms with Crippen LogP contribution >= 0.6 is 11.8 Å². The Labute approximate surface area is 106 Å². The molecule has 2 aromatic rings. The largest absolute Gasteiger partial charge is 0.369 e. The highest BCUT2D eigenvalue weighted by atomic mass is 32.2. The van der Waals surface area contributed by atoms with Gasteiger partial charge >= 0.3 is 0 Å². The number of thioether (sulfide) groups is 1. The zero-order valence-corrected chi connectivity index (χ0v) is 10.6. The van der Waals surface area contributed by atoms with Gasteiger partial charge in [0.15, 0.2) is 0 Å². The van der Waals surface area contributed by atoms with Gasteiger partial charge in [-0.25, -0.2) is 0 Å². The van der Waals surface area contributed by atoms with Gasteiger partial charge in [0, 0.05) is 17.0 Å². The van der Waals surface area contributed by atoms with Crippen LogP contribution in [-0.4, -0.2) is 4.87 Å². The van der Waals surface area contributed by atoms with Gasteiger partial charge in [0.1, 0.15) is 0 Å². The summed E-state index contributed by atoms with van der Waals surface area (Å²) in [6.45, 7) is 2.27. The van der Waals surface area contributed by atoms with E-state index in [1.54, 1.807) is 0 Å². The molecule has 17 heavy (non-hydrogen) atoms. The number of hydrogen-bond acceptors (Lipinski definition) is 2. The van der Waals surface area contributed by atoms with E-state index in [2.05, 4.69) is 66.8 Å². The first-order chi connectivity index (χ1) is 8.25. The van der Waals surface area contributed by atoms with Crippen LogP contribution in [-0.2, 0) is 6.42 Å². The van der Waals surface area contributed by atoms with Crippen LogP contribution in [0.25, 0.3) is 0 Å². The summed E-state index contributed by atoms with van der Waals surface area (Å²) in [7, 11) is 0. The second kappa shape index (κ2) is 4.11. The molecule has 0 amide bonds. The highest BCUT2D eigenvalue weighted by molar-refractivity contribution is 8.01. The number of benzene rings is 2. The number of nitrogens with one attached hydrogen (secondary N) is 1. The highest BCUT2D eigenvalue weighted by Gasteiger charge is 2.32. The number of hydrogen-bond donors (Lipinski definition) is 1. The van der Waals surface area contributed by atoms with Gasteiger partial charge in [0.25, 0.3) is 0 Å². The maximum absolute atomic E-state index is 3.62. The fourth-order valence-corrected chi connectivity index (χ4v) is 3.54. The Morgan fingerprint density at radius 3 is 2.47 bits per heavy atom. The third kappa shape index (κ3) is 2.18. The number of fused-ring (bicyclic) bond motifs is 1. The minimum atomic E-state index is 0.0744. The Hall–Kier alpha value is -1.41. The van der Waals surface area contributed by atoms with Gasteiger partial charge in [-0.05, 0) is 24.6 Å². The Kier molecular flexibility index (Phi) is 2.60. The minimum Gasteiger partial charge on any atom is -0.369 e. The number of rotatable bonds is 2. The molecule has 1 atom stereocenters. The smallest absolute Gasteiger partial charge is 0.0892 e. The van der Waals surface area contributed by atoms with E-state index in [-0.39, 0.29) is 4.87 Å². The van der Waals surface area contributed by atoms with E-state index in [4.69, 9.17) is 0 Å². The highest BCUT2D eigenvalue weighted by Crippen LogP contribution is 2.46. The summed E-state index contributed by atoms with van der Waals surface area (Å²) in [5.41, 5.74) is 2.64. The third-order valence-electron chi connectivity index (χ3n) is 3.01. The molecule has 0 fully saturated rings. The summed E-state index contributed by atoms with van der Waals surface area (Å²) in [6.07, 6.45) is 1.03. The molecule has 86 valence electrons. The molecule has 3 rings (SSSR count). The molecule has 0 aliphatic carbocycles. The van der Waals surface area contributed by atoms with Crippen molar-refractivity contribution in [1.29, 1.82) is 0 Å². The van der Waals surface area contributed by atoms with E-state index in [0.29, 0.717) is 0 Å². The lowest BCUT2D eigenvalue weighted by atomic mass is 10.1. The Balaban J connectivity index is 1.82. The summed E-state index contributed by atoms with van der Waals surface area (Å²) < 4.78 is 0. The van der Waals surface area contributed by atoms with Crippen LogP contribution in [0.2, 0.25) is 0 Å². The summed E-state index contributed by atoms with van der Waals surface area (Å²) in [4.78, 5) is 1.43. The number of anilines is 1. The Bertz CT molecular complexity index is 496. The van der Waals surface area contributed by atoms with Gasteiger partial charge in [0.05, 0.1) is 4.87 Å². The van der Waals surface area contributed by atoms with Crippen molar-refractivity contribution >= 4 is 17.4 Å². The Morgan fingerprint density at radius 1 is 1.00 bits per heavy atom. The average Bonchev–Trinajstić information content (AvgIpc) is 2.66. The zero-order valence-electron chi connectivity index (χ0n) is 9.81. The maximum Gasteiger partial charge on any atom is 0.0892 e. The fourth-order valence-electron chi connectivity index (χ4n) is 2.28. The first kappa shape index (κ1) is 10.7. The van der Waals surface area contributed by atoms with Gasteiger partial charge < -0.3 is 5.32 Å². The van der Waals surface area contributed by atoms with Crippen LogP contribution in [0.15, 0.2) is 59.5 Å². The van der Waals surface area contributed by atoms with Gasteiger partial charge in [-0.3, -0.25) is 0 Å². The SMILES string of the molecule is CC1(Cc2ccccc2)Nc2ccccc2S1. The van der Waals surface area contributed by atoms with E-state index in [9.17, 15) is 0 Å². The molecule has 1 N–H and O–H groups in total. The van der Waals surface area contributed by atoms with Crippen molar-refractivity contribution in [3.05, 3.63) is 60.2 Å². The molecule has 0 spiro atoms. The predicted molar refractivity (Wildman–Crippen MR) is 74.5 cm³/mol. The van der Waals surface area contributed by atoms with Crippen molar-refractivity contribution in [3.8, 4) is 0 Å². The molecule has 1 unspecified atom stereocenters. The molecule has 2 aromatic carbocycles. The molecule has 0 saturated carbocycles. The maximum atomic E-state index is 3.62. The lowest BCUT2D eigenvalue weighted by molar-refractivity contribution is 0.735. The van der Waals surface area contributed by atoms with Crippen molar-refractivity contribution < 1.29 is 0 Å². The lowest BCUT2D eigenvalue weighted by Gasteiger charge is -2.24. The zero-order chi connectivity index (χ0) is 11.7. The van der Waals surface area contributed by atoms with Crippen LogP contribution in [0.5, 0.6) is 0 Å². The van der Waals surface area contributed by atoms with Crippen LogP contribution in [0, 0.1) is 0 Å². The molecule has 1 nitrogen and oxygen atoms in total. The summed E-state index contributed by atoms with van der Waals surface area (Å²) >= 11 is 1.92. The average molecular weight is 241 g/mol. The quantitative estimate of drug-likeness (QED) is 0.847. The molecule has 0 radical (unpaired) electrons. The molecular formula is C15H15NS.